The van der Waals surface area contributed by atoms with Gasteiger partial charge in [-0.25, -0.2) is 4.79 Å². The van der Waals surface area contributed by atoms with Gasteiger partial charge >= 0.3 is 43.9 Å². The van der Waals surface area contributed by atoms with Crippen molar-refractivity contribution in [2.24, 2.45) is 0 Å². The van der Waals surface area contributed by atoms with Crippen LogP contribution in [0.2, 0.25) is 0 Å². The van der Waals surface area contributed by atoms with Crippen LogP contribution < -0.4 is 0 Å². The van der Waals surface area contributed by atoms with Crippen LogP contribution in [0.25, 0.3) is 0 Å². The van der Waals surface area contributed by atoms with E-state index in [9.17, 15) is 0 Å². The normalized spacial score (nSPS) is 4.00. The van der Waals surface area contributed by atoms with Gasteiger partial charge in [0.25, 0.3) is 0 Å². The number of hydrogen-bond donors (Lipinski definition) is 2. The van der Waals surface area contributed by atoms with Crippen molar-refractivity contribution in [3.05, 3.63) is 0 Å². The molecule has 6 heavy (non-hydrogen) atoms. The van der Waals surface area contributed by atoms with Crippen molar-refractivity contribution in [3.8, 4) is 0 Å². The van der Waals surface area contributed by atoms with Crippen LogP contribution in [0.4, 0.5) is 4.79 Å². The Morgan fingerprint density at radius 3 is 1.50 bits per heavy atom. The summed E-state index contributed by atoms with van der Waals surface area (Å²) in [6.45, 7) is 0. The Balaban J connectivity index is -0.00000000750. The minimum absolute atomic E-state index is 0. The third kappa shape index (κ3) is 59.6. The molecule has 0 spiro atoms. The average Bonchev–Trinajstić information content (AvgIpc) is 0.811. The van der Waals surface area contributed by atoms with Crippen LogP contribution in [0.5, 0.6) is 0 Å². The first-order valence-corrected chi connectivity index (χ1v) is 0.651. The molecule has 0 saturated carbocycles. The van der Waals surface area contributed by atoms with Gasteiger partial charge in [0.2, 0.25) is 0 Å². The third-order valence-corrected chi connectivity index (χ3v) is 0. The molecule has 0 rings (SSSR count). The van der Waals surface area contributed by atoms with Crippen molar-refractivity contribution >= 4 is 43.9 Å². The van der Waals surface area contributed by atoms with E-state index in [1.807, 2.05) is 0 Å². The molecule has 2 N–H and O–H groups in total. The fourth-order valence-electron chi connectivity index (χ4n) is 0. The quantitative estimate of drug-likeness (QED) is 0.622. The zero-order chi connectivity index (χ0) is 3.58. The molecule has 0 unspecified atom stereocenters. The van der Waals surface area contributed by atoms with Crippen LogP contribution in [0.1, 0.15) is 2.85 Å². The molecule has 5 heteroatoms. The Labute approximate surface area is 83.2 Å². The van der Waals surface area contributed by atoms with E-state index in [0.717, 1.165) is 0 Å². The predicted molar refractivity (Wildman–Crippen MR) is 18.6 cm³/mol. The molecule has 0 heterocycles. The summed E-state index contributed by atoms with van der Waals surface area (Å²) < 4.78 is 0. The van der Waals surface area contributed by atoms with Gasteiger partial charge in [0.05, 0.1) is 0 Å². The molecular formula is CH4AuCaO3. The predicted octanol–water partition coefficient (Wildman–Crippen LogP) is 0.0641. The summed E-state index contributed by atoms with van der Waals surface area (Å²) in [6.07, 6.45) is -1.83. The van der Waals surface area contributed by atoms with E-state index in [-0.39, 0.29) is 63.0 Å². The van der Waals surface area contributed by atoms with Crippen molar-refractivity contribution in [1.29, 1.82) is 0 Å². The minimum atomic E-state index is -1.83. The molecule has 0 fully saturated rings. The Morgan fingerprint density at radius 1 is 1.50 bits per heavy atom. The van der Waals surface area contributed by atoms with E-state index >= 15 is 0 Å². The molecule has 0 atom stereocenters. The summed E-state index contributed by atoms with van der Waals surface area (Å²) in [5.41, 5.74) is 0. The van der Waals surface area contributed by atoms with Crippen LogP contribution in [0.15, 0.2) is 0 Å². The average molecular weight is 301 g/mol. The summed E-state index contributed by atoms with van der Waals surface area (Å²) in [6, 6.07) is 0. The summed E-state index contributed by atoms with van der Waals surface area (Å²) in [5.74, 6) is 0. The second-order valence-corrected chi connectivity index (χ2v) is 0.283. The number of hydrogen-bond acceptors (Lipinski definition) is 1. The third-order valence-electron chi connectivity index (χ3n) is 0. The fourth-order valence-corrected chi connectivity index (χ4v) is 0. The maximum absolute atomic E-state index is 8.56. The van der Waals surface area contributed by atoms with Crippen molar-refractivity contribution in [2.45, 2.75) is 0 Å². The van der Waals surface area contributed by atoms with Gasteiger partial charge in [-0.3, -0.25) is 0 Å². The van der Waals surface area contributed by atoms with Crippen LogP contribution in [-0.4, -0.2) is 54.1 Å². The fraction of sp³-hybridized carbons (Fsp3) is 0. The SMILES string of the molecule is O=C(O)O.[Au].[Ca+2].[H-].[H-]. The molecule has 0 amide bonds. The maximum atomic E-state index is 8.56. The molecule has 0 aromatic heterocycles. The molecule has 0 bridgehead atoms. The van der Waals surface area contributed by atoms with Gasteiger partial charge in [0.15, 0.2) is 0 Å². The Morgan fingerprint density at radius 2 is 1.50 bits per heavy atom. The smallest absolute Gasteiger partial charge is 1.00 e. The number of rotatable bonds is 0. The largest absolute Gasteiger partial charge is 2.00 e. The summed E-state index contributed by atoms with van der Waals surface area (Å²) >= 11 is 0. The second kappa shape index (κ2) is 9.55. The zero-order valence-corrected chi connectivity index (χ0v) is 7.19. The molecule has 3 nitrogen and oxygen atoms in total. The van der Waals surface area contributed by atoms with Gasteiger partial charge < -0.3 is 13.1 Å². The Bertz CT molecular complexity index is 40.3. The monoisotopic (exact) mass is 301 g/mol. The minimum Gasteiger partial charge on any atom is -1.00 e. The van der Waals surface area contributed by atoms with Gasteiger partial charge in [-0.1, -0.05) is 0 Å². The molecule has 39 valence electrons. The maximum Gasteiger partial charge on any atom is 2.00 e. The molecule has 0 saturated heterocycles. The van der Waals surface area contributed by atoms with Crippen LogP contribution in [0.3, 0.4) is 0 Å². The van der Waals surface area contributed by atoms with Crippen molar-refractivity contribution in [3.63, 3.8) is 0 Å². The molecule has 0 aromatic carbocycles. The van der Waals surface area contributed by atoms with E-state index in [2.05, 4.69) is 0 Å². The standard InChI is InChI=1S/CH2O3.Au.Ca.2H/c2-1(3)4;;;;/h(H2,2,3,4);;;;/q;;+2;2*-1. The first-order chi connectivity index (χ1) is 1.73. The summed E-state index contributed by atoms with van der Waals surface area (Å²) in [4.78, 5) is 8.56. The molecule has 0 aliphatic heterocycles. The number of carboxylic acid groups (broad SMARTS) is 2. The van der Waals surface area contributed by atoms with E-state index < -0.39 is 6.16 Å². The van der Waals surface area contributed by atoms with Crippen molar-refractivity contribution < 1.29 is 40.2 Å². The van der Waals surface area contributed by atoms with E-state index in [4.69, 9.17) is 15.0 Å². The van der Waals surface area contributed by atoms with Gasteiger partial charge in [0, 0.05) is 22.4 Å². The summed E-state index contributed by atoms with van der Waals surface area (Å²) in [5, 5.41) is 13.9. The first-order valence-electron chi connectivity index (χ1n) is 0.651. The van der Waals surface area contributed by atoms with Gasteiger partial charge in [-0.15, -0.1) is 0 Å². The zero-order valence-electron chi connectivity index (χ0n) is 4.81. The Hall–Kier alpha value is 1.27. The van der Waals surface area contributed by atoms with Gasteiger partial charge in [0.1, 0.15) is 0 Å². The van der Waals surface area contributed by atoms with Gasteiger partial charge in [-0.05, 0) is 0 Å². The number of carbonyl (C=O) groups is 1. The molecular weight excluding hydrogens is 297 g/mol. The van der Waals surface area contributed by atoms with Crippen molar-refractivity contribution in [2.75, 3.05) is 0 Å². The molecule has 1 radical (unpaired) electrons. The topological polar surface area (TPSA) is 57.5 Å². The van der Waals surface area contributed by atoms with Crippen LogP contribution in [0, 0.1) is 0 Å². The van der Waals surface area contributed by atoms with E-state index in [0.29, 0.717) is 0 Å². The van der Waals surface area contributed by atoms with Crippen molar-refractivity contribution in [1.82, 2.24) is 0 Å². The van der Waals surface area contributed by atoms with Gasteiger partial charge in [-0.2, -0.15) is 0 Å². The Kier molecular flexibility index (Phi) is 25.0. The molecule has 0 aliphatic rings. The van der Waals surface area contributed by atoms with E-state index in [1.165, 1.54) is 0 Å². The van der Waals surface area contributed by atoms with Crippen LogP contribution in [-0.2, 0) is 22.4 Å². The second-order valence-electron chi connectivity index (χ2n) is 0.283. The molecule has 0 aliphatic carbocycles. The first kappa shape index (κ1) is 15.7. The van der Waals surface area contributed by atoms with E-state index in [1.54, 1.807) is 0 Å². The molecule has 0 aromatic rings. The van der Waals surface area contributed by atoms with Crippen LogP contribution >= 0.6 is 0 Å². The summed E-state index contributed by atoms with van der Waals surface area (Å²) in [7, 11) is 0.